The summed E-state index contributed by atoms with van der Waals surface area (Å²) in [4.78, 5) is 3.77. The van der Waals surface area contributed by atoms with Gasteiger partial charge in [-0.15, -0.1) is 0 Å². The predicted octanol–water partition coefficient (Wildman–Crippen LogP) is 3.94. The van der Waals surface area contributed by atoms with Crippen LogP contribution in [-0.4, -0.2) is 4.98 Å². The van der Waals surface area contributed by atoms with Crippen molar-refractivity contribution in [1.29, 1.82) is 0 Å². The maximum absolute atomic E-state index is 5.79. The fourth-order valence-corrected chi connectivity index (χ4v) is 2.14. The average molecular weight is 275 g/mol. The summed E-state index contributed by atoms with van der Waals surface area (Å²) in [7, 11) is 0. The third-order valence-corrected chi connectivity index (χ3v) is 2.84. The molecule has 1 aromatic heterocycles. The smallest absolute Gasteiger partial charge is 0.147 e. The Labute approximate surface area is 87.8 Å². The van der Waals surface area contributed by atoms with Crippen LogP contribution in [0.5, 0.6) is 0 Å². The van der Waals surface area contributed by atoms with Gasteiger partial charge in [0, 0.05) is 17.1 Å². The van der Waals surface area contributed by atoms with E-state index in [9.17, 15) is 0 Å². The first-order valence-electron chi connectivity index (χ1n) is 2.71. The van der Waals surface area contributed by atoms with E-state index in [1.807, 2.05) is 0 Å². The van der Waals surface area contributed by atoms with E-state index in [-0.39, 0.29) is 5.15 Å². The largest absolute Gasteiger partial charge is 0.241 e. The Kier molecular flexibility index (Phi) is 3.44. The molecule has 60 valence electrons. The highest BCUT2D eigenvalue weighted by molar-refractivity contribution is 9.08. The number of hydrogen-bond donors (Lipinski definition) is 0. The number of nitrogens with zero attached hydrogens (tertiary/aromatic N) is 1. The van der Waals surface area contributed by atoms with Crippen LogP contribution in [0.2, 0.25) is 15.2 Å². The fourth-order valence-electron chi connectivity index (χ4n) is 0.600. The molecule has 1 heterocycles. The summed E-state index contributed by atoms with van der Waals surface area (Å²) in [5.41, 5.74) is 0.772. The predicted molar refractivity (Wildman–Crippen MR) is 51.9 cm³/mol. The molecule has 0 radical (unpaired) electrons. The molecule has 0 bridgehead atoms. The molecular weight excluding hydrogens is 272 g/mol. The van der Waals surface area contributed by atoms with Crippen molar-refractivity contribution in [3.8, 4) is 0 Å². The Morgan fingerprint density at radius 1 is 1.36 bits per heavy atom. The van der Waals surface area contributed by atoms with Crippen LogP contribution < -0.4 is 0 Å². The highest BCUT2D eigenvalue weighted by atomic mass is 79.9. The van der Waals surface area contributed by atoms with Gasteiger partial charge in [0.15, 0.2) is 0 Å². The standard InChI is InChI=1S/C6H3BrCl3N/c7-1-3-4(8)2-11-6(10)5(3)9/h2H,1H2. The molecule has 1 aromatic rings. The monoisotopic (exact) mass is 273 g/mol. The molecule has 0 atom stereocenters. The molecule has 0 amide bonds. The molecule has 5 heteroatoms. The number of pyridine rings is 1. The second-order valence-electron chi connectivity index (χ2n) is 1.82. The van der Waals surface area contributed by atoms with E-state index in [1.54, 1.807) is 0 Å². The van der Waals surface area contributed by atoms with Gasteiger partial charge in [-0.05, 0) is 0 Å². The summed E-state index contributed by atoms with van der Waals surface area (Å²) in [6.07, 6.45) is 1.48. The zero-order chi connectivity index (χ0) is 8.43. The molecule has 1 rings (SSSR count). The fraction of sp³-hybridized carbons (Fsp3) is 0.167. The van der Waals surface area contributed by atoms with Crippen molar-refractivity contribution < 1.29 is 0 Å². The molecule has 0 N–H and O–H groups in total. The molecule has 0 aromatic carbocycles. The van der Waals surface area contributed by atoms with Gasteiger partial charge in [-0.2, -0.15) is 0 Å². The highest BCUT2D eigenvalue weighted by Gasteiger charge is 2.08. The lowest BCUT2D eigenvalue weighted by Crippen LogP contribution is -1.86. The lowest BCUT2D eigenvalue weighted by atomic mass is 10.3. The quantitative estimate of drug-likeness (QED) is 0.559. The summed E-state index contributed by atoms with van der Waals surface area (Å²) in [6.45, 7) is 0. The Morgan fingerprint density at radius 3 is 2.45 bits per heavy atom. The molecule has 0 aliphatic rings. The minimum atomic E-state index is 0.283. The third kappa shape index (κ3) is 2.00. The molecule has 0 spiro atoms. The van der Waals surface area contributed by atoms with Crippen LogP contribution in [0.3, 0.4) is 0 Å². The third-order valence-electron chi connectivity index (χ3n) is 1.16. The first-order chi connectivity index (χ1) is 5.16. The zero-order valence-corrected chi connectivity index (χ0v) is 9.10. The first kappa shape index (κ1) is 9.59. The van der Waals surface area contributed by atoms with Gasteiger partial charge >= 0.3 is 0 Å². The van der Waals surface area contributed by atoms with Crippen LogP contribution in [0.1, 0.15) is 5.56 Å². The number of hydrogen-bond acceptors (Lipinski definition) is 1. The van der Waals surface area contributed by atoms with Crippen molar-refractivity contribution >= 4 is 50.7 Å². The second kappa shape index (κ2) is 3.94. The number of rotatable bonds is 1. The second-order valence-corrected chi connectivity index (χ2v) is 3.53. The van der Waals surface area contributed by atoms with Gasteiger partial charge in [0.2, 0.25) is 0 Å². The molecule has 11 heavy (non-hydrogen) atoms. The zero-order valence-electron chi connectivity index (χ0n) is 5.24. The summed E-state index contributed by atoms with van der Waals surface area (Å²) >= 11 is 20.4. The normalized spacial score (nSPS) is 10.2. The van der Waals surface area contributed by atoms with E-state index in [4.69, 9.17) is 34.8 Å². The van der Waals surface area contributed by atoms with Gasteiger partial charge in [-0.3, -0.25) is 0 Å². The molecule has 0 saturated carbocycles. The summed E-state index contributed by atoms with van der Waals surface area (Å²) in [6, 6.07) is 0. The average Bonchev–Trinajstić information content (AvgIpc) is 1.99. The van der Waals surface area contributed by atoms with Gasteiger partial charge in [0.25, 0.3) is 0 Å². The van der Waals surface area contributed by atoms with Crippen LogP contribution >= 0.6 is 50.7 Å². The Bertz CT molecular complexity index is 277. The van der Waals surface area contributed by atoms with Gasteiger partial charge in [-0.1, -0.05) is 50.7 Å². The van der Waals surface area contributed by atoms with E-state index < -0.39 is 0 Å². The molecular formula is C6H3BrCl3N. The van der Waals surface area contributed by atoms with Crippen molar-refractivity contribution in [2.75, 3.05) is 0 Å². The van der Waals surface area contributed by atoms with Gasteiger partial charge in [0.05, 0.1) is 10.0 Å². The van der Waals surface area contributed by atoms with Crippen molar-refractivity contribution in [2.45, 2.75) is 5.33 Å². The Hall–Kier alpha value is 0.500. The van der Waals surface area contributed by atoms with Crippen LogP contribution in [0.25, 0.3) is 0 Å². The Balaban J connectivity index is 3.29. The lowest BCUT2D eigenvalue weighted by Gasteiger charge is -2.02. The van der Waals surface area contributed by atoms with Crippen LogP contribution in [0.4, 0.5) is 0 Å². The molecule has 0 aliphatic carbocycles. The summed E-state index contributed by atoms with van der Waals surface area (Å²) in [5, 5.41) is 1.80. The van der Waals surface area contributed by atoms with Crippen molar-refractivity contribution in [3.63, 3.8) is 0 Å². The van der Waals surface area contributed by atoms with Gasteiger partial charge in [0.1, 0.15) is 5.15 Å². The van der Waals surface area contributed by atoms with Gasteiger partial charge < -0.3 is 0 Å². The van der Waals surface area contributed by atoms with Crippen LogP contribution in [-0.2, 0) is 5.33 Å². The highest BCUT2D eigenvalue weighted by Crippen LogP contribution is 2.30. The minimum Gasteiger partial charge on any atom is -0.241 e. The van der Waals surface area contributed by atoms with E-state index in [0.29, 0.717) is 15.4 Å². The molecule has 0 unspecified atom stereocenters. The molecule has 0 aliphatic heterocycles. The van der Waals surface area contributed by atoms with E-state index in [1.165, 1.54) is 6.20 Å². The molecule has 1 nitrogen and oxygen atoms in total. The summed E-state index contributed by atoms with van der Waals surface area (Å²) < 4.78 is 0. The van der Waals surface area contributed by atoms with Crippen LogP contribution in [0.15, 0.2) is 6.20 Å². The van der Waals surface area contributed by atoms with Gasteiger partial charge in [-0.25, -0.2) is 4.98 Å². The lowest BCUT2D eigenvalue weighted by molar-refractivity contribution is 1.28. The maximum Gasteiger partial charge on any atom is 0.147 e. The number of aromatic nitrogens is 1. The molecule has 0 fully saturated rings. The van der Waals surface area contributed by atoms with Crippen LogP contribution in [0, 0.1) is 0 Å². The summed E-state index contributed by atoms with van der Waals surface area (Å²) in [5.74, 6) is 0. The number of alkyl halides is 1. The maximum atomic E-state index is 5.79. The minimum absolute atomic E-state index is 0.283. The first-order valence-corrected chi connectivity index (χ1v) is 4.96. The van der Waals surface area contributed by atoms with Crippen molar-refractivity contribution in [2.24, 2.45) is 0 Å². The topological polar surface area (TPSA) is 12.9 Å². The van der Waals surface area contributed by atoms with E-state index in [0.717, 1.165) is 5.56 Å². The SMILES string of the molecule is Clc1cnc(Cl)c(Cl)c1CBr. The molecule has 0 saturated heterocycles. The van der Waals surface area contributed by atoms with E-state index >= 15 is 0 Å². The van der Waals surface area contributed by atoms with Crippen molar-refractivity contribution in [1.82, 2.24) is 4.98 Å². The number of halogens is 4. The van der Waals surface area contributed by atoms with Crippen molar-refractivity contribution in [3.05, 3.63) is 27.0 Å². The Morgan fingerprint density at radius 2 is 2.00 bits per heavy atom. The van der Waals surface area contributed by atoms with E-state index in [2.05, 4.69) is 20.9 Å².